The van der Waals surface area contributed by atoms with Crippen LogP contribution in [-0.2, 0) is 10.0 Å². The van der Waals surface area contributed by atoms with Crippen LogP contribution >= 0.6 is 31.9 Å². The molecular weight excluding hydrogens is 410 g/mol. The fourth-order valence-corrected chi connectivity index (χ4v) is 5.15. The second kappa shape index (κ2) is 6.04. The first-order chi connectivity index (χ1) is 9.23. The van der Waals surface area contributed by atoms with Gasteiger partial charge in [-0.1, -0.05) is 28.8 Å². The maximum absolute atomic E-state index is 12.3. The van der Waals surface area contributed by atoms with Crippen LogP contribution in [0, 0.1) is 6.92 Å². The summed E-state index contributed by atoms with van der Waals surface area (Å²) in [6.45, 7) is 1.95. The average molecular weight is 427 g/mol. The van der Waals surface area contributed by atoms with Crippen molar-refractivity contribution in [2.24, 2.45) is 0 Å². The minimum absolute atomic E-state index is 0.0628. The van der Waals surface area contributed by atoms with Crippen molar-refractivity contribution >= 4 is 41.9 Å². The molecule has 2 rings (SSSR count). The summed E-state index contributed by atoms with van der Waals surface area (Å²) in [5, 5.41) is 10.2. The smallest absolute Gasteiger partial charge is 0.241 e. The molecule has 1 aromatic rings. The predicted molar refractivity (Wildman–Crippen MR) is 85.2 cm³/mol. The highest BCUT2D eigenvalue weighted by atomic mass is 79.9. The van der Waals surface area contributed by atoms with Crippen LogP contribution in [0.2, 0.25) is 0 Å². The topological polar surface area (TPSA) is 66.4 Å². The lowest BCUT2D eigenvalue weighted by Gasteiger charge is -2.22. The van der Waals surface area contributed by atoms with Gasteiger partial charge in [-0.25, -0.2) is 13.1 Å². The molecule has 0 unspecified atom stereocenters. The largest absolute Gasteiger partial charge is 0.389 e. The molecule has 20 heavy (non-hydrogen) atoms. The van der Waals surface area contributed by atoms with Gasteiger partial charge in [0, 0.05) is 15.5 Å². The van der Waals surface area contributed by atoms with Gasteiger partial charge in [-0.15, -0.1) is 0 Å². The van der Waals surface area contributed by atoms with Crippen LogP contribution in [0.25, 0.3) is 0 Å². The van der Waals surface area contributed by atoms with E-state index in [9.17, 15) is 13.5 Å². The van der Waals surface area contributed by atoms with Crippen molar-refractivity contribution in [3.63, 3.8) is 0 Å². The number of aliphatic hydroxyl groups is 1. The van der Waals surface area contributed by atoms with E-state index in [-0.39, 0.29) is 11.4 Å². The van der Waals surface area contributed by atoms with E-state index in [0.717, 1.165) is 22.9 Å². The van der Waals surface area contributed by atoms with E-state index in [4.69, 9.17) is 0 Å². The van der Waals surface area contributed by atoms with E-state index in [1.54, 1.807) is 12.1 Å². The SMILES string of the molecule is Cc1cc(Br)c(S(=O)(=O)NCC2(O)CCCC2)cc1Br. The number of hydrogen-bond acceptors (Lipinski definition) is 3. The molecule has 0 aliphatic heterocycles. The van der Waals surface area contributed by atoms with Crippen molar-refractivity contribution < 1.29 is 13.5 Å². The Labute approximate surface area is 136 Å². The molecule has 1 fully saturated rings. The Kier molecular flexibility index (Phi) is 4.96. The molecule has 1 aromatic carbocycles. The zero-order valence-corrected chi connectivity index (χ0v) is 15.1. The van der Waals surface area contributed by atoms with Crippen LogP contribution in [0.3, 0.4) is 0 Å². The van der Waals surface area contributed by atoms with Crippen LogP contribution in [0.15, 0.2) is 26.0 Å². The van der Waals surface area contributed by atoms with Crippen LogP contribution in [0.1, 0.15) is 31.2 Å². The summed E-state index contributed by atoms with van der Waals surface area (Å²) in [5.74, 6) is 0. The monoisotopic (exact) mass is 425 g/mol. The number of sulfonamides is 1. The van der Waals surface area contributed by atoms with Gasteiger partial charge >= 0.3 is 0 Å². The highest BCUT2D eigenvalue weighted by Crippen LogP contribution is 2.31. The second-order valence-electron chi connectivity index (χ2n) is 5.29. The molecule has 1 aliphatic carbocycles. The third kappa shape index (κ3) is 3.62. The van der Waals surface area contributed by atoms with Crippen molar-refractivity contribution in [3.05, 3.63) is 26.6 Å². The van der Waals surface area contributed by atoms with Gasteiger partial charge in [-0.3, -0.25) is 0 Å². The molecule has 0 bridgehead atoms. The summed E-state index contributed by atoms with van der Waals surface area (Å²) in [5.41, 5.74) is 0.0480. The van der Waals surface area contributed by atoms with Crippen molar-refractivity contribution in [3.8, 4) is 0 Å². The van der Waals surface area contributed by atoms with Gasteiger partial charge in [0.2, 0.25) is 10.0 Å². The van der Waals surface area contributed by atoms with E-state index < -0.39 is 15.6 Å². The third-order valence-corrected chi connectivity index (χ3v) is 6.84. The van der Waals surface area contributed by atoms with E-state index in [1.165, 1.54) is 0 Å². The van der Waals surface area contributed by atoms with Crippen molar-refractivity contribution in [2.45, 2.75) is 43.1 Å². The van der Waals surface area contributed by atoms with Crippen LogP contribution in [0.4, 0.5) is 0 Å². The summed E-state index contributed by atoms with van der Waals surface area (Å²) in [7, 11) is -3.64. The van der Waals surface area contributed by atoms with Gasteiger partial charge in [-0.2, -0.15) is 0 Å². The summed E-state index contributed by atoms with van der Waals surface area (Å²) >= 11 is 6.62. The first-order valence-electron chi connectivity index (χ1n) is 6.41. The van der Waals surface area contributed by atoms with Crippen molar-refractivity contribution in [1.82, 2.24) is 4.72 Å². The lowest BCUT2D eigenvalue weighted by atomic mass is 10.0. The first-order valence-corrected chi connectivity index (χ1v) is 9.48. The molecule has 0 saturated heterocycles. The lowest BCUT2D eigenvalue weighted by Crippen LogP contribution is -2.40. The molecule has 0 radical (unpaired) electrons. The maximum atomic E-state index is 12.3. The fourth-order valence-electron chi connectivity index (χ4n) is 2.35. The summed E-state index contributed by atoms with van der Waals surface area (Å²) in [6, 6.07) is 3.32. The minimum atomic E-state index is -3.64. The standard InChI is InChI=1S/C13H17Br2NO3S/c1-9-6-11(15)12(7-10(9)14)20(18,19)16-8-13(17)4-2-3-5-13/h6-7,16-17H,2-5,8H2,1H3. The number of halogens is 2. The van der Waals surface area contributed by atoms with E-state index >= 15 is 0 Å². The maximum Gasteiger partial charge on any atom is 0.241 e. The van der Waals surface area contributed by atoms with E-state index in [0.29, 0.717) is 17.3 Å². The minimum Gasteiger partial charge on any atom is -0.389 e. The lowest BCUT2D eigenvalue weighted by molar-refractivity contribution is 0.0532. The Morgan fingerprint density at radius 1 is 1.25 bits per heavy atom. The van der Waals surface area contributed by atoms with E-state index in [1.807, 2.05) is 6.92 Å². The first kappa shape index (κ1) is 16.4. The second-order valence-corrected chi connectivity index (χ2v) is 8.73. The van der Waals surface area contributed by atoms with Crippen LogP contribution in [-0.4, -0.2) is 25.7 Å². The molecule has 1 saturated carbocycles. The molecule has 112 valence electrons. The Balaban J connectivity index is 2.20. The van der Waals surface area contributed by atoms with E-state index in [2.05, 4.69) is 36.6 Å². The Morgan fingerprint density at radius 2 is 1.85 bits per heavy atom. The number of rotatable bonds is 4. The van der Waals surface area contributed by atoms with Gasteiger partial charge in [0.05, 0.1) is 10.5 Å². The molecule has 0 aromatic heterocycles. The average Bonchev–Trinajstić information content (AvgIpc) is 2.79. The zero-order valence-electron chi connectivity index (χ0n) is 11.1. The molecule has 4 nitrogen and oxygen atoms in total. The Hall–Kier alpha value is 0.0500. The number of benzene rings is 1. The Bertz CT molecular complexity index is 610. The molecular formula is C13H17Br2NO3S. The summed E-state index contributed by atoms with van der Waals surface area (Å²) in [4.78, 5) is 0.177. The highest BCUT2D eigenvalue weighted by Gasteiger charge is 2.33. The molecule has 0 atom stereocenters. The predicted octanol–water partition coefficient (Wildman–Crippen LogP) is 3.10. The van der Waals surface area contributed by atoms with Gasteiger partial charge in [0.1, 0.15) is 0 Å². The van der Waals surface area contributed by atoms with Crippen LogP contribution in [0.5, 0.6) is 0 Å². The molecule has 1 aliphatic rings. The Morgan fingerprint density at radius 3 is 2.45 bits per heavy atom. The fraction of sp³-hybridized carbons (Fsp3) is 0.538. The van der Waals surface area contributed by atoms with Crippen molar-refractivity contribution in [2.75, 3.05) is 6.54 Å². The third-order valence-electron chi connectivity index (χ3n) is 3.63. The zero-order chi connectivity index (χ0) is 15.0. The number of hydrogen-bond donors (Lipinski definition) is 2. The van der Waals surface area contributed by atoms with Crippen LogP contribution < -0.4 is 4.72 Å². The summed E-state index contributed by atoms with van der Waals surface area (Å²) in [6.07, 6.45) is 3.18. The quantitative estimate of drug-likeness (QED) is 0.777. The van der Waals surface area contributed by atoms with Gasteiger partial charge in [0.15, 0.2) is 0 Å². The number of nitrogens with one attached hydrogen (secondary N) is 1. The molecule has 7 heteroatoms. The molecule has 0 spiro atoms. The molecule has 2 N–H and O–H groups in total. The molecule has 0 amide bonds. The summed E-state index contributed by atoms with van der Waals surface area (Å²) < 4.78 is 28.5. The van der Waals surface area contributed by atoms with Crippen molar-refractivity contribution in [1.29, 1.82) is 0 Å². The normalized spacial score (nSPS) is 18.4. The van der Waals surface area contributed by atoms with Gasteiger partial charge in [-0.05, 0) is 53.4 Å². The van der Waals surface area contributed by atoms with Gasteiger partial charge in [0.25, 0.3) is 0 Å². The number of aryl methyl sites for hydroxylation is 1. The highest BCUT2D eigenvalue weighted by molar-refractivity contribution is 9.11. The van der Waals surface area contributed by atoms with Gasteiger partial charge < -0.3 is 5.11 Å². The molecule has 0 heterocycles.